The second-order valence-corrected chi connectivity index (χ2v) is 7.66. The molecule has 2 fully saturated rings. The van der Waals surface area contributed by atoms with E-state index in [-0.39, 0.29) is 11.9 Å². The number of fused-ring (bicyclic) bond motifs is 2. The molecule has 132 valence electrons. The molecular weight excluding hydrogens is 339 g/mol. The van der Waals surface area contributed by atoms with Crippen LogP contribution >= 0.6 is 11.3 Å². The SMILES string of the molecule is CN1[C@@H]2CC[C@H]1C[C@@H](OC(=O)Nc1ccc(F)cc1-c1ccsc1)C2. The molecule has 1 aromatic carbocycles. The van der Waals surface area contributed by atoms with Crippen molar-refractivity contribution < 1.29 is 13.9 Å². The molecule has 0 saturated carbocycles. The van der Waals surface area contributed by atoms with Crippen LogP contribution in [-0.4, -0.2) is 36.2 Å². The molecule has 6 heteroatoms. The molecule has 3 atom stereocenters. The third kappa shape index (κ3) is 3.41. The number of carbonyl (C=O) groups excluding carboxylic acids is 1. The Kier molecular flexibility index (Phi) is 4.48. The summed E-state index contributed by atoms with van der Waals surface area (Å²) in [6.45, 7) is 0. The Bertz CT molecular complexity index is 751. The van der Waals surface area contributed by atoms with Gasteiger partial charge in [0, 0.05) is 30.5 Å². The zero-order valence-corrected chi connectivity index (χ0v) is 14.9. The van der Waals surface area contributed by atoms with Crippen LogP contribution in [-0.2, 0) is 4.74 Å². The summed E-state index contributed by atoms with van der Waals surface area (Å²) in [6.07, 6.45) is 3.64. The third-order valence-electron chi connectivity index (χ3n) is 5.38. The lowest BCUT2D eigenvalue weighted by Crippen LogP contribution is -2.43. The van der Waals surface area contributed by atoms with Gasteiger partial charge in [0.1, 0.15) is 11.9 Å². The van der Waals surface area contributed by atoms with Crippen molar-refractivity contribution in [2.75, 3.05) is 12.4 Å². The molecule has 0 spiro atoms. The summed E-state index contributed by atoms with van der Waals surface area (Å²) in [4.78, 5) is 14.8. The second-order valence-electron chi connectivity index (χ2n) is 6.88. The van der Waals surface area contributed by atoms with Gasteiger partial charge in [0.15, 0.2) is 0 Å². The topological polar surface area (TPSA) is 41.6 Å². The average Bonchev–Trinajstić information content (AvgIpc) is 3.16. The summed E-state index contributed by atoms with van der Waals surface area (Å²) in [6, 6.07) is 7.31. The molecule has 2 aromatic rings. The van der Waals surface area contributed by atoms with Gasteiger partial charge in [-0.05, 0) is 60.5 Å². The largest absolute Gasteiger partial charge is 0.446 e. The first-order valence-corrected chi connectivity index (χ1v) is 9.56. The Labute approximate surface area is 150 Å². The van der Waals surface area contributed by atoms with Crippen molar-refractivity contribution in [2.45, 2.75) is 43.9 Å². The number of benzene rings is 1. The smallest absolute Gasteiger partial charge is 0.411 e. The number of amides is 1. The van der Waals surface area contributed by atoms with Gasteiger partial charge >= 0.3 is 6.09 Å². The Hall–Kier alpha value is -1.92. The van der Waals surface area contributed by atoms with Gasteiger partial charge in [0.2, 0.25) is 0 Å². The monoisotopic (exact) mass is 360 g/mol. The maximum absolute atomic E-state index is 13.6. The number of nitrogens with one attached hydrogen (secondary N) is 1. The van der Waals surface area contributed by atoms with E-state index in [4.69, 9.17) is 4.74 Å². The Morgan fingerprint density at radius 3 is 2.72 bits per heavy atom. The minimum absolute atomic E-state index is 0.0428. The van der Waals surface area contributed by atoms with E-state index in [2.05, 4.69) is 17.3 Å². The molecule has 0 aliphatic carbocycles. The molecule has 2 saturated heterocycles. The first-order valence-electron chi connectivity index (χ1n) is 8.62. The standard InChI is InChI=1S/C19H21FN2O2S/c1-22-14-3-4-15(22)10-16(9-14)24-19(23)21-18-5-2-13(20)8-17(18)12-6-7-25-11-12/h2,5-8,11,14-16H,3-4,9-10H2,1H3,(H,21,23)/t14-,15+,16+. The highest BCUT2D eigenvalue weighted by Gasteiger charge is 2.39. The lowest BCUT2D eigenvalue weighted by atomic mass is 10.0. The van der Waals surface area contributed by atoms with E-state index >= 15 is 0 Å². The van der Waals surface area contributed by atoms with Crippen molar-refractivity contribution in [3.8, 4) is 11.1 Å². The van der Waals surface area contributed by atoms with E-state index in [9.17, 15) is 9.18 Å². The lowest BCUT2D eigenvalue weighted by Gasteiger charge is -2.35. The minimum atomic E-state index is -0.461. The fraction of sp³-hybridized carbons (Fsp3) is 0.421. The molecule has 2 aliphatic heterocycles. The normalized spacial score (nSPS) is 25.8. The highest BCUT2D eigenvalue weighted by atomic mass is 32.1. The molecule has 4 nitrogen and oxygen atoms in total. The van der Waals surface area contributed by atoms with Gasteiger partial charge in [0.05, 0.1) is 5.69 Å². The second kappa shape index (κ2) is 6.77. The van der Waals surface area contributed by atoms with Crippen LogP contribution in [0.3, 0.4) is 0 Å². The zero-order valence-electron chi connectivity index (χ0n) is 14.1. The number of hydrogen-bond acceptors (Lipinski definition) is 4. The highest BCUT2D eigenvalue weighted by Crippen LogP contribution is 2.36. The molecule has 0 radical (unpaired) electrons. The number of nitrogens with zero attached hydrogens (tertiary/aromatic N) is 1. The summed E-state index contributed by atoms with van der Waals surface area (Å²) in [7, 11) is 2.16. The summed E-state index contributed by atoms with van der Waals surface area (Å²) in [5.74, 6) is -0.327. The molecule has 1 amide bonds. The highest BCUT2D eigenvalue weighted by molar-refractivity contribution is 7.08. The summed E-state index contributed by atoms with van der Waals surface area (Å²) >= 11 is 1.53. The van der Waals surface area contributed by atoms with Crippen LogP contribution in [0.25, 0.3) is 11.1 Å². The molecule has 1 aromatic heterocycles. The predicted octanol–water partition coefficient (Wildman–Crippen LogP) is 4.73. The Balaban J connectivity index is 1.45. The first kappa shape index (κ1) is 16.5. The molecule has 0 unspecified atom stereocenters. The van der Waals surface area contributed by atoms with Gasteiger partial charge in [-0.3, -0.25) is 5.32 Å². The lowest BCUT2D eigenvalue weighted by molar-refractivity contribution is 0.0348. The predicted molar refractivity (Wildman–Crippen MR) is 97.4 cm³/mol. The van der Waals surface area contributed by atoms with Crippen LogP contribution in [0.1, 0.15) is 25.7 Å². The van der Waals surface area contributed by atoms with Crippen LogP contribution in [0.5, 0.6) is 0 Å². The van der Waals surface area contributed by atoms with E-state index in [1.807, 2.05) is 16.8 Å². The van der Waals surface area contributed by atoms with Gasteiger partial charge in [0.25, 0.3) is 0 Å². The third-order valence-corrected chi connectivity index (χ3v) is 6.06. The Morgan fingerprint density at radius 1 is 1.28 bits per heavy atom. The fourth-order valence-electron chi connectivity index (χ4n) is 4.03. The van der Waals surface area contributed by atoms with Gasteiger partial charge in [-0.15, -0.1) is 0 Å². The number of halogens is 1. The van der Waals surface area contributed by atoms with E-state index in [0.717, 1.165) is 18.4 Å². The van der Waals surface area contributed by atoms with Crippen LogP contribution in [0.4, 0.5) is 14.9 Å². The van der Waals surface area contributed by atoms with Crippen LogP contribution in [0, 0.1) is 5.82 Å². The number of hydrogen-bond donors (Lipinski definition) is 1. The maximum atomic E-state index is 13.6. The molecule has 3 heterocycles. The number of ether oxygens (including phenoxy) is 1. The number of piperidine rings is 1. The van der Waals surface area contributed by atoms with Crippen molar-refractivity contribution in [3.05, 3.63) is 40.8 Å². The van der Waals surface area contributed by atoms with E-state index in [1.54, 1.807) is 6.07 Å². The van der Waals surface area contributed by atoms with Crippen molar-refractivity contribution >= 4 is 23.1 Å². The number of carbonyl (C=O) groups is 1. The summed E-state index contributed by atoms with van der Waals surface area (Å²) < 4.78 is 19.3. The number of anilines is 1. The van der Waals surface area contributed by atoms with E-state index in [0.29, 0.717) is 23.3 Å². The van der Waals surface area contributed by atoms with Gasteiger partial charge in [-0.25, -0.2) is 9.18 Å². The number of thiophene rings is 1. The molecule has 2 aliphatic rings. The summed E-state index contributed by atoms with van der Waals surface area (Å²) in [5.41, 5.74) is 2.12. The zero-order chi connectivity index (χ0) is 17.4. The van der Waals surface area contributed by atoms with Gasteiger partial charge < -0.3 is 9.64 Å². The molecule has 2 bridgehead atoms. The molecule has 1 N–H and O–H groups in total. The summed E-state index contributed by atoms with van der Waals surface area (Å²) in [5, 5.41) is 6.66. The van der Waals surface area contributed by atoms with Crippen molar-refractivity contribution in [1.82, 2.24) is 4.90 Å². The quantitative estimate of drug-likeness (QED) is 0.860. The molecule has 25 heavy (non-hydrogen) atoms. The van der Waals surface area contributed by atoms with Gasteiger partial charge in [-0.1, -0.05) is 0 Å². The Morgan fingerprint density at radius 2 is 2.04 bits per heavy atom. The average molecular weight is 360 g/mol. The molecule has 4 rings (SSSR count). The van der Waals surface area contributed by atoms with Crippen LogP contribution < -0.4 is 5.32 Å². The van der Waals surface area contributed by atoms with Crippen molar-refractivity contribution in [1.29, 1.82) is 0 Å². The first-order chi connectivity index (χ1) is 12.1. The van der Waals surface area contributed by atoms with E-state index in [1.165, 1.54) is 36.3 Å². The fourth-order valence-corrected chi connectivity index (χ4v) is 4.69. The van der Waals surface area contributed by atoms with E-state index < -0.39 is 6.09 Å². The number of rotatable bonds is 3. The molecular formula is C19H21FN2O2S. The maximum Gasteiger partial charge on any atom is 0.411 e. The van der Waals surface area contributed by atoms with Crippen molar-refractivity contribution in [2.24, 2.45) is 0 Å². The van der Waals surface area contributed by atoms with Crippen LogP contribution in [0.2, 0.25) is 0 Å². The minimum Gasteiger partial charge on any atom is -0.446 e. The van der Waals surface area contributed by atoms with Crippen LogP contribution in [0.15, 0.2) is 35.0 Å². The van der Waals surface area contributed by atoms with Gasteiger partial charge in [-0.2, -0.15) is 11.3 Å². The van der Waals surface area contributed by atoms with Crippen molar-refractivity contribution in [3.63, 3.8) is 0 Å².